The average Bonchev–Trinajstić information content (AvgIpc) is 2.67. The summed E-state index contributed by atoms with van der Waals surface area (Å²) in [4.78, 5) is 2.27. The van der Waals surface area contributed by atoms with E-state index >= 15 is 0 Å². The second-order valence-corrected chi connectivity index (χ2v) is 6.90. The van der Waals surface area contributed by atoms with Gasteiger partial charge in [0.1, 0.15) is 0 Å². The van der Waals surface area contributed by atoms with E-state index in [0.29, 0.717) is 13.3 Å². The third-order valence-corrected chi connectivity index (χ3v) is 5.33. The zero-order valence-corrected chi connectivity index (χ0v) is 14.8. The third-order valence-electron chi connectivity index (χ3n) is 5.33. The molecule has 2 heterocycles. The lowest BCUT2D eigenvalue weighted by molar-refractivity contribution is -0.205. The molecule has 0 aromatic heterocycles. The molecule has 2 aromatic carbocycles. The second-order valence-electron chi connectivity index (χ2n) is 6.90. The average molecular weight is 339 g/mol. The van der Waals surface area contributed by atoms with Crippen LogP contribution in [0.5, 0.6) is 0 Å². The van der Waals surface area contributed by atoms with Crippen molar-refractivity contribution in [3.63, 3.8) is 0 Å². The van der Waals surface area contributed by atoms with Gasteiger partial charge in [-0.25, -0.2) is 0 Å². The van der Waals surface area contributed by atoms with Crippen LogP contribution in [-0.4, -0.2) is 38.7 Å². The van der Waals surface area contributed by atoms with Gasteiger partial charge < -0.3 is 14.2 Å². The molecule has 0 N–H and O–H groups in total. The highest BCUT2D eigenvalue weighted by Crippen LogP contribution is 2.44. The Hall–Kier alpha value is -1.72. The first-order valence-electron chi connectivity index (χ1n) is 8.87. The number of ether oxygens (including phenoxy) is 3. The van der Waals surface area contributed by atoms with Crippen molar-refractivity contribution in [2.75, 3.05) is 27.5 Å². The molecule has 4 atom stereocenters. The van der Waals surface area contributed by atoms with Crippen molar-refractivity contribution >= 4 is 0 Å². The molecular weight excluding hydrogens is 314 g/mol. The van der Waals surface area contributed by atoms with E-state index in [1.54, 1.807) is 7.11 Å². The fraction of sp³-hybridized carbons (Fsp3) is 0.429. The summed E-state index contributed by atoms with van der Waals surface area (Å²) < 4.78 is 17.8. The van der Waals surface area contributed by atoms with E-state index in [2.05, 4.69) is 66.5 Å². The summed E-state index contributed by atoms with van der Waals surface area (Å²) in [5, 5.41) is 0. The van der Waals surface area contributed by atoms with Gasteiger partial charge in [0.15, 0.2) is 6.29 Å². The number of nitrogens with zero attached hydrogens (tertiary/aromatic N) is 1. The van der Waals surface area contributed by atoms with E-state index in [1.807, 2.05) is 0 Å². The van der Waals surface area contributed by atoms with Crippen LogP contribution in [-0.2, 0) is 20.6 Å². The Labute approximate surface area is 149 Å². The Balaban J connectivity index is 1.73. The number of benzene rings is 2. The van der Waals surface area contributed by atoms with Gasteiger partial charge >= 0.3 is 0 Å². The molecule has 4 rings (SSSR count). The van der Waals surface area contributed by atoms with Crippen molar-refractivity contribution in [1.82, 2.24) is 4.90 Å². The predicted octanol–water partition coefficient (Wildman–Crippen LogP) is 3.55. The molecule has 0 radical (unpaired) electrons. The number of rotatable bonds is 3. The van der Waals surface area contributed by atoms with E-state index in [0.717, 1.165) is 6.42 Å². The van der Waals surface area contributed by atoms with Gasteiger partial charge in [0.05, 0.1) is 19.4 Å². The van der Waals surface area contributed by atoms with Crippen LogP contribution in [0.15, 0.2) is 54.6 Å². The highest BCUT2D eigenvalue weighted by atomic mass is 16.7. The minimum atomic E-state index is -0.205. The smallest absolute Gasteiger partial charge is 0.162 e. The van der Waals surface area contributed by atoms with Crippen molar-refractivity contribution < 1.29 is 14.2 Å². The van der Waals surface area contributed by atoms with E-state index < -0.39 is 0 Å². The monoisotopic (exact) mass is 339 g/mol. The van der Waals surface area contributed by atoms with Crippen LogP contribution in [0.4, 0.5) is 0 Å². The minimum absolute atomic E-state index is 0.0390. The largest absolute Gasteiger partial charge is 0.366 e. The third kappa shape index (κ3) is 3.23. The fourth-order valence-electron chi connectivity index (χ4n) is 4.17. The van der Waals surface area contributed by atoms with Crippen LogP contribution in [0.25, 0.3) is 0 Å². The summed E-state index contributed by atoms with van der Waals surface area (Å²) >= 11 is 0. The Morgan fingerprint density at radius 2 is 1.80 bits per heavy atom. The summed E-state index contributed by atoms with van der Waals surface area (Å²) in [5.74, 6) is 0.209. The number of fused-ring (bicyclic) bond motifs is 1. The van der Waals surface area contributed by atoms with E-state index in [-0.39, 0.29) is 24.4 Å². The van der Waals surface area contributed by atoms with E-state index in [1.165, 1.54) is 16.7 Å². The number of methoxy groups -OCH3 is 1. The number of hydrogen-bond acceptors (Lipinski definition) is 4. The molecule has 4 heteroatoms. The van der Waals surface area contributed by atoms with Crippen LogP contribution in [0, 0.1) is 5.92 Å². The predicted molar refractivity (Wildman–Crippen MR) is 96.0 cm³/mol. The molecule has 1 saturated heterocycles. The van der Waals surface area contributed by atoms with E-state index in [9.17, 15) is 0 Å². The molecule has 2 aliphatic rings. The lowest BCUT2D eigenvalue weighted by Gasteiger charge is -2.45. The maximum atomic E-state index is 6.37. The standard InChI is InChI=1S/C21H25NO3/c1-22-14-24-13-18(20(22)15-8-4-3-5-9-15)21-17-11-7-6-10-16(17)12-19(23-2)25-21/h3-11,18-21H,12-14H2,1-2H3/t18-,19?,20+,21-/m1/s1. The van der Waals surface area contributed by atoms with Gasteiger partial charge in [-0.1, -0.05) is 54.6 Å². The SMILES string of the molecule is COC1Cc2ccccc2[C@H]([C@@H]2COCN(C)[C@H]2c2ccccc2)O1. The molecule has 2 aliphatic heterocycles. The molecule has 0 amide bonds. The van der Waals surface area contributed by atoms with Gasteiger partial charge in [-0.15, -0.1) is 0 Å². The molecule has 0 spiro atoms. The Morgan fingerprint density at radius 3 is 2.60 bits per heavy atom. The fourth-order valence-corrected chi connectivity index (χ4v) is 4.17. The highest BCUT2D eigenvalue weighted by molar-refractivity contribution is 5.33. The molecule has 1 fully saturated rings. The zero-order chi connectivity index (χ0) is 17.2. The van der Waals surface area contributed by atoms with Gasteiger partial charge in [0, 0.05) is 25.5 Å². The van der Waals surface area contributed by atoms with Crippen molar-refractivity contribution in [1.29, 1.82) is 0 Å². The minimum Gasteiger partial charge on any atom is -0.366 e. The molecule has 132 valence electrons. The van der Waals surface area contributed by atoms with Crippen molar-refractivity contribution in [3.05, 3.63) is 71.3 Å². The van der Waals surface area contributed by atoms with Crippen LogP contribution < -0.4 is 0 Å². The van der Waals surface area contributed by atoms with Crippen molar-refractivity contribution in [3.8, 4) is 0 Å². The van der Waals surface area contributed by atoms with Gasteiger partial charge in [-0.2, -0.15) is 0 Å². The number of hydrogen-bond donors (Lipinski definition) is 0. The molecule has 1 unspecified atom stereocenters. The van der Waals surface area contributed by atoms with Crippen molar-refractivity contribution in [2.24, 2.45) is 5.92 Å². The Bertz CT molecular complexity index is 705. The zero-order valence-electron chi connectivity index (χ0n) is 14.8. The summed E-state index contributed by atoms with van der Waals surface area (Å²) in [5.41, 5.74) is 3.88. The molecule has 0 saturated carbocycles. The van der Waals surface area contributed by atoms with E-state index in [4.69, 9.17) is 14.2 Å². The van der Waals surface area contributed by atoms with Crippen LogP contribution >= 0.6 is 0 Å². The normalized spacial score (nSPS) is 30.0. The van der Waals surface area contributed by atoms with Crippen molar-refractivity contribution in [2.45, 2.75) is 24.9 Å². The Morgan fingerprint density at radius 1 is 1.04 bits per heavy atom. The summed E-state index contributed by atoms with van der Waals surface area (Å²) in [6.07, 6.45) is 0.550. The van der Waals surface area contributed by atoms with Gasteiger partial charge in [-0.3, -0.25) is 4.90 Å². The van der Waals surface area contributed by atoms with Crippen LogP contribution in [0.2, 0.25) is 0 Å². The molecule has 4 nitrogen and oxygen atoms in total. The molecule has 0 aliphatic carbocycles. The van der Waals surface area contributed by atoms with Crippen LogP contribution in [0.3, 0.4) is 0 Å². The molecule has 25 heavy (non-hydrogen) atoms. The first-order chi connectivity index (χ1) is 12.3. The summed E-state index contributed by atoms with van der Waals surface area (Å²) in [7, 11) is 3.83. The van der Waals surface area contributed by atoms with Crippen LogP contribution in [0.1, 0.15) is 28.8 Å². The quantitative estimate of drug-likeness (QED) is 0.856. The lowest BCUT2D eigenvalue weighted by Crippen LogP contribution is -2.45. The highest BCUT2D eigenvalue weighted by Gasteiger charge is 2.41. The molecule has 0 bridgehead atoms. The molecule has 2 aromatic rings. The molecular formula is C21H25NO3. The van der Waals surface area contributed by atoms with Gasteiger partial charge in [-0.05, 0) is 23.7 Å². The Kier molecular flexibility index (Phi) is 4.86. The first kappa shape index (κ1) is 16.7. The summed E-state index contributed by atoms with van der Waals surface area (Å²) in [6, 6.07) is 19.5. The van der Waals surface area contributed by atoms with Gasteiger partial charge in [0.2, 0.25) is 0 Å². The van der Waals surface area contributed by atoms with Gasteiger partial charge in [0.25, 0.3) is 0 Å². The topological polar surface area (TPSA) is 30.9 Å². The summed E-state index contributed by atoms with van der Waals surface area (Å²) in [6.45, 7) is 1.32. The first-order valence-corrected chi connectivity index (χ1v) is 8.87. The lowest BCUT2D eigenvalue weighted by atomic mass is 9.81. The maximum Gasteiger partial charge on any atom is 0.162 e. The maximum absolute atomic E-state index is 6.37. The second kappa shape index (κ2) is 7.26.